The average Bonchev–Trinajstić information content (AvgIpc) is 2.67. The van der Waals surface area contributed by atoms with Gasteiger partial charge in [-0.2, -0.15) is 0 Å². The van der Waals surface area contributed by atoms with Crippen LogP contribution in [0, 0.1) is 5.41 Å². The van der Waals surface area contributed by atoms with E-state index < -0.39 is 23.3 Å². The summed E-state index contributed by atoms with van der Waals surface area (Å²) in [5.74, 6) is -3.71. The van der Waals surface area contributed by atoms with Crippen LogP contribution in [0.4, 0.5) is 0 Å². The SMILES string of the molecule is NC(=O)C1(C(=O)O)CC=NC(c2cc(C(=O)O)ccn2)=C1c1ccccn1. The quantitative estimate of drug-likeness (QED) is 0.668. The molecule has 3 heterocycles. The molecule has 1 aliphatic heterocycles. The van der Waals surface area contributed by atoms with Gasteiger partial charge in [-0.1, -0.05) is 6.07 Å². The number of primary amides is 1. The molecule has 0 saturated heterocycles. The van der Waals surface area contributed by atoms with Crippen LogP contribution in [0.15, 0.2) is 47.7 Å². The van der Waals surface area contributed by atoms with Crippen LogP contribution in [0.2, 0.25) is 0 Å². The molecule has 9 heteroatoms. The zero-order chi connectivity index (χ0) is 19.6. The fraction of sp³-hybridized carbons (Fsp3) is 0.111. The van der Waals surface area contributed by atoms with Crippen LogP contribution in [-0.4, -0.2) is 44.2 Å². The Bertz CT molecular complexity index is 984. The molecule has 1 amide bonds. The Morgan fingerprint density at radius 1 is 1.04 bits per heavy atom. The molecule has 9 nitrogen and oxygen atoms in total. The van der Waals surface area contributed by atoms with E-state index in [4.69, 9.17) is 5.73 Å². The van der Waals surface area contributed by atoms with E-state index in [1.165, 1.54) is 36.8 Å². The highest BCUT2D eigenvalue weighted by Crippen LogP contribution is 2.45. The van der Waals surface area contributed by atoms with Gasteiger partial charge in [-0.05, 0) is 24.3 Å². The van der Waals surface area contributed by atoms with E-state index in [0.29, 0.717) is 0 Å². The van der Waals surface area contributed by atoms with Crippen molar-refractivity contribution in [1.29, 1.82) is 0 Å². The molecule has 1 unspecified atom stereocenters. The van der Waals surface area contributed by atoms with Crippen molar-refractivity contribution in [1.82, 2.24) is 9.97 Å². The van der Waals surface area contributed by atoms with Gasteiger partial charge >= 0.3 is 11.9 Å². The van der Waals surface area contributed by atoms with Crippen LogP contribution in [0.5, 0.6) is 0 Å². The first-order chi connectivity index (χ1) is 12.9. The molecule has 2 aromatic rings. The smallest absolute Gasteiger partial charge is 0.335 e. The van der Waals surface area contributed by atoms with Gasteiger partial charge in [-0.25, -0.2) is 4.79 Å². The van der Waals surface area contributed by atoms with Crippen LogP contribution in [0.3, 0.4) is 0 Å². The number of hydrogen-bond donors (Lipinski definition) is 3. The highest BCUT2D eigenvalue weighted by molar-refractivity contribution is 6.20. The van der Waals surface area contributed by atoms with Crippen LogP contribution in [-0.2, 0) is 9.59 Å². The minimum absolute atomic E-state index is 0.0272. The van der Waals surface area contributed by atoms with E-state index in [2.05, 4.69) is 15.0 Å². The molecule has 0 aliphatic carbocycles. The first-order valence-corrected chi connectivity index (χ1v) is 7.79. The second-order valence-corrected chi connectivity index (χ2v) is 5.76. The maximum Gasteiger partial charge on any atom is 0.335 e. The topological polar surface area (TPSA) is 156 Å². The second kappa shape index (κ2) is 6.79. The summed E-state index contributed by atoms with van der Waals surface area (Å²) in [6.45, 7) is 0. The number of pyridine rings is 2. The number of rotatable bonds is 5. The van der Waals surface area contributed by atoms with Gasteiger partial charge in [0.2, 0.25) is 5.91 Å². The lowest BCUT2D eigenvalue weighted by Gasteiger charge is -2.31. The number of hydrogen-bond acceptors (Lipinski definition) is 6. The van der Waals surface area contributed by atoms with Crippen molar-refractivity contribution in [3.8, 4) is 0 Å². The normalized spacial score (nSPS) is 19.0. The Labute approximate surface area is 152 Å². The number of carboxylic acids is 2. The van der Waals surface area contributed by atoms with Gasteiger partial charge in [0.05, 0.1) is 22.6 Å². The Kier molecular flexibility index (Phi) is 4.51. The van der Waals surface area contributed by atoms with Crippen molar-refractivity contribution < 1.29 is 24.6 Å². The molecule has 1 aliphatic rings. The molecular formula is C18H14N4O5. The van der Waals surface area contributed by atoms with Gasteiger partial charge in [0.15, 0.2) is 5.41 Å². The summed E-state index contributed by atoms with van der Waals surface area (Å²) < 4.78 is 0. The summed E-state index contributed by atoms with van der Waals surface area (Å²) >= 11 is 0. The summed E-state index contributed by atoms with van der Waals surface area (Å²) in [4.78, 5) is 48.1. The van der Waals surface area contributed by atoms with Crippen molar-refractivity contribution in [2.24, 2.45) is 16.1 Å². The monoisotopic (exact) mass is 366 g/mol. The third-order valence-corrected chi connectivity index (χ3v) is 4.24. The van der Waals surface area contributed by atoms with Crippen molar-refractivity contribution in [3.05, 3.63) is 59.7 Å². The van der Waals surface area contributed by atoms with E-state index in [1.807, 2.05) is 0 Å². The fourth-order valence-electron chi connectivity index (χ4n) is 2.90. The van der Waals surface area contributed by atoms with Crippen molar-refractivity contribution in [3.63, 3.8) is 0 Å². The van der Waals surface area contributed by atoms with Crippen LogP contribution in [0.1, 0.15) is 28.2 Å². The van der Waals surface area contributed by atoms with Gasteiger partial charge in [0, 0.05) is 30.6 Å². The molecule has 2 aromatic heterocycles. The van der Waals surface area contributed by atoms with Gasteiger partial charge in [0.1, 0.15) is 0 Å². The van der Waals surface area contributed by atoms with Gasteiger partial charge in [0.25, 0.3) is 0 Å². The number of aromatic carboxylic acids is 1. The average molecular weight is 366 g/mol. The van der Waals surface area contributed by atoms with Crippen molar-refractivity contribution in [2.75, 3.05) is 0 Å². The van der Waals surface area contributed by atoms with E-state index in [0.717, 1.165) is 0 Å². The summed E-state index contributed by atoms with van der Waals surface area (Å²) in [5, 5.41) is 19.1. The fourth-order valence-corrected chi connectivity index (χ4v) is 2.90. The molecule has 0 aromatic carbocycles. The first kappa shape index (κ1) is 17.9. The summed E-state index contributed by atoms with van der Waals surface area (Å²) in [6, 6.07) is 7.32. The van der Waals surface area contributed by atoms with Gasteiger partial charge in [-0.15, -0.1) is 0 Å². The van der Waals surface area contributed by atoms with Crippen molar-refractivity contribution in [2.45, 2.75) is 6.42 Å². The highest BCUT2D eigenvalue weighted by atomic mass is 16.4. The molecule has 3 rings (SSSR count). The molecule has 27 heavy (non-hydrogen) atoms. The van der Waals surface area contributed by atoms with Gasteiger partial charge in [-0.3, -0.25) is 24.5 Å². The molecular weight excluding hydrogens is 352 g/mol. The van der Waals surface area contributed by atoms with E-state index in [9.17, 15) is 24.6 Å². The molecule has 0 spiro atoms. The molecule has 0 radical (unpaired) electrons. The minimum atomic E-state index is -2.10. The van der Waals surface area contributed by atoms with Crippen LogP contribution < -0.4 is 5.73 Å². The number of carbonyl (C=O) groups excluding carboxylic acids is 1. The Hall–Kier alpha value is -3.88. The number of nitrogens with zero attached hydrogens (tertiary/aromatic N) is 3. The van der Waals surface area contributed by atoms with Crippen molar-refractivity contribution >= 4 is 35.3 Å². The zero-order valence-electron chi connectivity index (χ0n) is 13.9. The number of carbonyl (C=O) groups is 3. The summed E-state index contributed by atoms with van der Waals surface area (Å²) in [5.41, 5.74) is 3.61. The number of aromatic nitrogens is 2. The maximum atomic E-state index is 12.3. The lowest BCUT2D eigenvalue weighted by molar-refractivity contribution is -0.150. The van der Waals surface area contributed by atoms with Crippen LogP contribution >= 0.6 is 0 Å². The molecule has 1 atom stereocenters. The van der Waals surface area contributed by atoms with Crippen LogP contribution in [0.25, 0.3) is 11.3 Å². The lowest BCUT2D eigenvalue weighted by Crippen LogP contribution is -2.46. The third-order valence-electron chi connectivity index (χ3n) is 4.24. The maximum absolute atomic E-state index is 12.3. The number of carboxylic acid groups (broad SMARTS) is 2. The Morgan fingerprint density at radius 3 is 2.37 bits per heavy atom. The predicted octanol–water partition coefficient (Wildman–Crippen LogP) is 1.07. The molecule has 136 valence electrons. The van der Waals surface area contributed by atoms with E-state index in [-0.39, 0.29) is 34.6 Å². The number of aliphatic imine (C=N–C) groups is 1. The second-order valence-electron chi connectivity index (χ2n) is 5.76. The molecule has 0 fully saturated rings. The van der Waals surface area contributed by atoms with Gasteiger partial charge < -0.3 is 15.9 Å². The number of aliphatic carboxylic acids is 1. The van der Waals surface area contributed by atoms with E-state index >= 15 is 0 Å². The first-order valence-electron chi connectivity index (χ1n) is 7.79. The third kappa shape index (κ3) is 2.95. The molecule has 4 N–H and O–H groups in total. The Balaban J connectivity index is 2.38. The minimum Gasteiger partial charge on any atom is -0.480 e. The lowest BCUT2D eigenvalue weighted by atomic mass is 9.72. The Morgan fingerprint density at radius 2 is 1.78 bits per heavy atom. The number of amides is 1. The predicted molar refractivity (Wildman–Crippen MR) is 94.6 cm³/mol. The van der Waals surface area contributed by atoms with E-state index in [1.54, 1.807) is 12.1 Å². The summed E-state index contributed by atoms with van der Waals surface area (Å²) in [6.07, 6.45) is 3.70. The molecule has 0 bridgehead atoms. The number of nitrogens with two attached hydrogens (primary N) is 1. The largest absolute Gasteiger partial charge is 0.480 e. The summed E-state index contributed by atoms with van der Waals surface area (Å²) in [7, 11) is 0. The zero-order valence-corrected chi connectivity index (χ0v) is 13.9. The molecule has 0 saturated carbocycles. The highest BCUT2D eigenvalue weighted by Gasteiger charge is 2.51. The standard InChI is InChI=1S/C18H14N4O5/c19-16(25)18(17(26)27)5-8-22-14(13(18)11-3-1-2-6-20-11)12-9-10(15(23)24)4-7-21-12/h1-4,6-9H,5H2,(H2,19,25)(H,23,24)(H,26,27).